The third-order valence-electron chi connectivity index (χ3n) is 1.56. The van der Waals surface area contributed by atoms with E-state index in [9.17, 15) is 13.2 Å². The van der Waals surface area contributed by atoms with Crippen molar-refractivity contribution < 1.29 is 13.2 Å². The van der Waals surface area contributed by atoms with Crippen molar-refractivity contribution in [3.63, 3.8) is 0 Å². The van der Waals surface area contributed by atoms with Gasteiger partial charge in [0.15, 0.2) is 11.4 Å². The molecule has 1 aromatic heterocycles. The van der Waals surface area contributed by atoms with Gasteiger partial charge in [0.25, 0.3) is 0 Å². The third kappa shape index (κ3) is 1.69. The summed E-state index contributed by atoms with van der Waals surface area (Å²) in [6.45, 7) is 3.07. The zero-order chi connectivity index (χ0) is 10.9. The number of halogens is 3. The molecule has 0 N–H and O–H groups in total. The minimum Gasteiger partial charge on any atom is -0.236 e. The Morgan fingerprint density at radius 2 is 2.00 bits per heavy atom. The molecule has 0 atom stereocenters. The molecule has 0 unspecified atom stereocenters. The third-order valence-corrected chi connectivity index (χ3v) is 1.56. The number of aromatic nitrogens is 3. The van der Waals surface area contributed by atoms with Gasteiger partial charge in [0.2, 0.25) is 0 Å². The van der Waals surface area contributed by atoms with Gasteiger partial charge in [-0.3, -0.25) is 0 Å². The van der Waals surface area contributed by atoms with Gasteiger partial charge in [-0.2, -0.15) is 18.4 Å². The summed E-state index contributed by atoms with van der Waals surface area (Å²) < 4.78 is 38.0. The van der Waals surface area contributed by atoms with Crippen LogP contribution in [0.4, 0.5) is 13.2 Å². The van der Waals surface area contributed by atoms with Gasteiger partial charge in [0.1, 0.15) is 6.07 Å². The number of alkyl halides is 3. The van der Waals surface area contributed by atoms with Crippen LogP contribution in [0.15, 0.2) is 0 Å². The summed E-state index contributed by atoms with van der Waals surface area (Å²) in [4.78, 5) is 0. The van der Waals surface area contributed by atoms with Gasteiger partial charge in [-0.25, -0.2) is 4.68 Å². The van der Waals surface area contributed by atoms with E-state index in [4.69, 9.17) is 5.26 Å². The Kier molecular flexibility index (Phi) is 2.47. The lowest BCUT2D eigenvalue weighted by molar-refractivity contribution is -0.144. The maximum absolute atomic E-state index is 12.4. The molecule has 1 aromatic rings. The second kappa shape index (κ2) is 3.29. The van der Waals surface area contributed by atoms with E-state index in [1.165, 1.54) is 19.9 Å². The zero-order valence-electron chi connectivity index (χ0n) is 7.50. The van der Waals surface area contributed by atoms with Crippen molar-refractivity contribution >= 4 is 0 Å². The van der Waals surface area contributed by atoms with Crippen LogP contribution in [0.25, 0.3) is 0 Å². The standard InChI is InChI=1S/C7H7F3N4/c1-4(2)14-6(7(8,9)10)5(3-11)12-13-14/h4H,1-2H3. The summed E-state index contributed by atoms with van der Waals surface area (Å²) in [5.74, 6) is 0. The lowest BCUT2D eigenvalue weighted by Crippen LogP contribution is -2.17. The Balaban J connectivity index is 3.36. The van der Waals surface area contributed by atoms with Crippen LogP contribution in [0.3, 0.4) is 0 Å². The smallest absolute Gasteiger partial charge is 0.236 e. The number of hydrogen-bond donors (Lipinski definition) is 0. The van der Waals surface area contributed by atoms with Crippen molar-refractivity contribution in [2.75, 3.05) is 0 Å². The summed E-state index contributed by atoms with van der Waals surface area (Å²) in [6, 6.07) is 0.878. The molecule has 0 aromatic carbocycles. The molecule has 0 aliphatic carbocycles. The van der Waals surface area contributed by atoms with Gasteiger partial charge in [0, 0.05) is 6.04 Å². The first-order valence-electron chi connectivity index (χ1n) is 3.80. The summed E-state index contributed by atoms with van der Waals surface area (Å²) in [6.07, 6.45) is -4.60. The van der Waals surface area contributed by atoms with E-state index >= 15 is 0 Å². The topological polar surface area (TPSA) is 54.5 Å². The highest BCUT2D eigenvalue weighted by atomic mass is 19.4. The van der Waals surface area contributed by atoms with Crippen LogP contribution in [0.1, 0.15) is 31.3 Å². The van der Waals surface area contributed by atoms with E-state index < -0.39 is 23.6 Å². The maximum Gasteiger partial charge on any atom is 0.436 e. The van der Waals surface area contributed by atoms with Crippen LogP contribution >= 0.6 is 0 Å². The van der Waals surface area contributed by atoms with Gasteiger partial charge in [0.05, 0.1) is 0 Å². The monoisotopic (exact) mass is 204 g/mol. The fourth-order valence-corrected chi connectivity index (χ4v) is 0.994. The van der Waals surface area contributed by atoms with Crippen molar-refractivity contribution in [2.45, 2.75) is 26.1 Å². The van der Waals surface area contributed by atoms with Gasteiger partial charge >= 0.3 is 6.18 Å². The first-order chi connectivity index (χ1) is 6.38. The molecule has 0 amide bonds. The van der Waals surface area contributed by atoms with Crippen molar-refractivity contribution in [2.24, 2.45) is 0 Å². The quantitative estimate of drug-likeness (QED) is 0.700. The Morgan fingerprint density at radius 1 is 1.43 bits per heavy atom. The maximum atomic E-state index is 12.4. The molecule has 76 valence electrons. The SMILES string of the molecule is CC(C)n1nnc(C#N)c1C(F)(F)F. The van der Waals surface area contributed by atoms with Crippen molar-refractivity contribution in [1.29, 1.82) is 5.26 Å². The molecule has 14 heavy (non-hydrogen) atoms. The lowest BCUT2D eigenvalue weighted by atomic mass is 10.3. The highest BCUT2D eigenvalue weighted by molar-refractivity contribution is 5.27. The first-order valence-corrected chi connectivity index (χ1v) is 3.80. The van der Waals surface area contributed by atoms with Crippen molar-refractivity contribution in [3.05, 3.63) is 11.4 Å². The molecule has 0 spiro atoms. The molecule has 0 saturated carbocycles. The normalized spacial score (nSPS) is 11.8. The van der Waals surface area contributed by atoms with Gasteiger partial charge in [-0.1, -0.05) is 5.21 Å². The molecule has 0 bridgehead atoms. The Morgan fingerprint density at radius 3 is 2.36 bits per heavy atom. The summed E-state index contributed by atoms with van der Waals surface area (Å²) in [5, 5.41) is 14.8. The molecule has 1 heterocycles. The molecule has 7 heteroatoms. The largest absolute Gasteiger partial charge is 0.436 e. The minimum atomic E-state index is -4.60. The molecule has 0 aliphatic heterocycles. The first kappa shape index (κ1) is 10.5. The van der Waals surface area contributed by atoms with E-state index in [1.54, 1.807) is 0 Å². The van der Waals surface area contributed by atoms with E-state index in [-0.39, 0.29) is 0 Å². The average molecular weight is 204 g/mol. The number of nitriles is 1. The zero-order valence-corrected chi connectivity index (χ0v) is 7.50. The minimum absolute atomic E-state index is 0.485. The Bertz CT molecular complexity index is 371. The second-order valence-electron chi connectivity index (χ2n) is 2.93. The van der Waals surface area contributed by atoms with E-state index in [1.807, 2.05) is 0 Å². The molecule has 0 saturated heterocycles. The molecular weight excluding hydrogens is 197 g/mol. The Hall–Kier alpha value is -1.58. The van der Waals surface area contributed by atoms with Crippen LogP contribution in [-0.2, 0) is 6.18 Å². The highest BCUT2D eigenvalue weighted by Gasteiger charge is 2.40. The Labute approximate surface area is 77.9 Å². The molecule has 0 radical (unpaired) electrons. The fraction of sp³-hybridized carbons (Fsp3) is 0.571. The average Bonchev–Trinajstić information content (AvgIpc) is 2.45. The van der Waals surface area contributed by atoms with Gasteiger partial charge < -0.3 is 0 Å². The molecule has 0 aliphatic rings. The van der Waals surface area contributed by atoms with E-state index in [2.05, 4.69) is 10.3 Å². The lowest BCUT2D eigenvalue weighted by Gasteiger charge is -2.11. The van der Waals surface area contributed by atoms with Crippen LogP contribution in [0.5, 0.6) is 0 Å². The molecule has 4 nitrogen and oxygen atoms in total. The predicted octanol–water partition coefficient (Wildman–Crippen LogP) is 1.75. The van der Waals surface area contributed by atoms with Crippen LogP contribution in [0.2, 0.25) is 0 Å². The van der Waals surface area contributed by atoms with E-state index in [0.717, 1.165) is 0 Å². The fourth-order valence-electron chi connectivity index (χ4n) is 0.994. The second-order valence-corrected chi connectivity index (χ2v) is 2.93. The number of nitrogens with zero attached hydrogens (tertiary/aromatic N) is 4. The highest BCUT2D eigenvalue weighted by Crippen LogP contribution is 2.32. The molecule has 0 fully saturated rings. The summed E-state index contributed by atoms with van der Waals surface area (Å²) in [7, 11) is 0. The molecule has 1 rings (SSSR count). The molecular formula is C7H7F3N4. The van der Waals surface area contributed by atoms with Crippen molar-refractivity contribution in [1.82, 2.24) is 15.0 Å². The number of hydrogen-bond acceptors (Lipinski definition) is 3. The number of rotatable bonds is 1. The predicted molar refractivity (Wildman–Crippen MR) is 40.1 cm³/mol. The summed E-state index contributed by atoms with van der Waals surface area (Å²) >= 11 is 0. The van der Waals surface area contributed by atoms with Crippen LogP contribution < -0.4 is 0 Å². The van der Waals surface area contributed by atoms with Gasteiger partial charge in [-0.05, 0) is 13.8 Å². The van der Waals surface area contributed by atoms with E-state index in [0.29, 0.717) is 4.68 Å². The van der Waals surface area contributed by atoms with Crippen LogP contribution in [0, 0.1) is 11.3 Å². The van der Waals surface area contributed by atoms with Gasteiger partial charge in [-0.15, -0.1) is 5.10 Å². The summed E-state index contributed by atoms with van der Waals surface area (Å²) in [5.41, 5.74) is -1.78. The van der Waals surface area contributed by atoms with Crippen LogP contribution in [-0.4, -0.2) is 15.0 Å². The van der Waals surface area contributed by atoms with Crippen molar-refractivity contribution in [3.8, 4) is 6.07 Å².